The highest BCUT2D eigenvalue weighted by molar-refractivity contribution is 9.09. The van der Waals surface area contributed by atoms with Crippen LogP contribution in [0.2, 0.25) is 0 Å². The standard InChI is InChI=1S/C9H9BrN2O2/c1-2-6(10)9-11-8(12-14-9)7-4-3-5-13-7/h3-6H,2H2,1H3. The lowest BCUT2D eigenvalue weighted by atomic mass is 10.3. The fraction of sp³-hybridized carbons (Fsp3) is 0.333. The molecule has 0 aliphatic carbocycles. The van der Waals surface area contributed by atoms with Gasteiger partial charge in [0.25, 0.3) is 0 Å². The summed E-state index contributed by atoms with van der Waals surface area (Å²) in [6, 6.07) is 3.58. The van der Waals surface area contributed by atoms with Crippen LogP contribution in [0.5, 0.6) is 0 Å². The molecule has 0 spiro atoms. The van der Waals surface area contributed by atoms with Gasteiger partial charge in [-0.2, -0.15) is 4.98 Å². The molecule has 0 radical (unpaired) electrons. The minimum atomic E-state index is 0.110. The Hall–Kier alpha value is -1.10. The van der Waals surface area contributed by atoms with Crippen LogP contribution in [0.1, 0.15) is 24.1 Å². The first-order valence-electron chi connectivity index (χ1n) is 4.32. The Labute approximate surface area is 89.4 Å². The first-order chi connectivity index (χ1) is 6.81. The molecule has 0 amide bonds. The third-order valence-corrected chi connectivity index (χ3v) is 2.85. The molecule has 5 heteroatoms. The average molecular weight is 257 g/mol. The van der Waals surface area contributed by atoms with Crippen LogP contribution < -0.4 is 0 Å². The highest BCUT2D eigenvalue weighted by atomic mass is 79.9. The van der Waals surface area contributed by atoms with Crippen molar-refractivity contribution in [2.75, 3.05) is 0 Å². The number of halogens is 1. The van der Waals surface area contributed by atoms with Gasteiger partial charge < -0.3 is 8.94 Å². The van der Waals surface area contributed by atoms with E-state index in [0.717, 1.165) is 6.42 Å². The van der Waals surface area contributed by atoms with Crippen molar-refractivity contribution < 1.29 is 8.94 Å². The van der Waals surface area contributed by atoms with Crippen LogP contribution in [0.3, 0.4) is 0 Å². The van der Waals surface area contributed by atoms with E-state index in [4.69, 9.17) is 8.94 Å². The number of nitrogens with zero attached hydrogens (tertiary/aromatic N) is 2. The second-order valence-corrected chi connectivity index (χ2v) is 3.91. The molecule has 0 N–H and O–H groups in total. The zero-order valence-electron chi connectivity index (χ0n) is 7.61. The Morgan fingerprint density at radius 1 is 1.57 bits per heavy atom. The summed E-state index contributed by atoms with van der Waals surface area (Å²) >= 11 is 3.43. The molecule has 4 nitrogen and oxygen atoms in total. The molecular weight excluding hydrogens is 248 g/mol. The van der Waals surface area contributed by atoms with E-state index < -0.39 is 0 Å². The third-order valence-electron chi connectivity index (χ3n) is 1.81. The molecule has 2 aromatic rings. The fourth-order valence-corrected chi connectivity index (χ4v) is 1.23. The van der Waals surface area contributed by atoms with E-state index in [9.17, 15) is 0 Å². The van der Waals surface area contributed by atoms with Gasteiger partial charge in [-0.25, -0.2) is 0 Å². The predicted octanol–water partition coefficient (Wildman–Crippen LogP) is 3.18. The number of aromatic nitrogens is 2. The quantitative estimate of drug-likeness (QED) is 0.792. The molecule has 1 atom stereocenters. The normalized spacial score (nSPS) is 13.0. The fourth-order valence-electron chi connectivity index (χ4n) is 1.04. The van der Waals surface area contributed by atoms with E-state index in [1.165, 1.54) is 0 Å². The minimum Gasteiger partial charge on any atom is -0.461 e. The smallest absolute Gasteiger partial charge is 0.240 e. The van der Waals surface area contributed by atoms with Crippen LogP contribution in [0.25, 0.3) is 11.6 Å². The number of hydrogen-bond donors (Lipinski definition) is 0. The maximum absolute atomic E-state index is 5.15. The topological polar surface area (TPSA) is 52.1 Å². The second kappa shape index (κ2) is 3.96. The van der Waals surface area contributed by atoms with Crippen molar-refractivity contribution in [2.45, 2.75) is 18.2 Å². The molecule has 0 aliphatic heterocycles. The molecule has 0 fully saturated rings. The first kappa shape index (κ1) is 9.45. The molecule has 1 unspecified atom stereocenters. The van der Waals surface area contributed by atoms with Crippen molar-refractivity contribution in [1.82, 2.24) is 10.1 Å². The summed E-state index contributed by atoms with van der Waals surface area (Å²) < 4.78 is 10.2. The minimum absolute atomic E-state index is 0.110. The summed E-state index contributed by atoms with van der Waals surface area (Å²) in [5.41, 5.74) is 0. The van der Waals surface area contributed by atoms with E-state index >= 15 is 0 Å². The van der Waals surface area contributed by atoms with Crippen molar-refractivity contribution in [3.8, 4) is 11.6 Å². The van der Waals surface area contributed by atoms with Gasteiger partial charge >= 0.3 is 0 Å². The van der Waals surface area contributed by atoms with Gasteiger partial charge in [-0.3, -0.25) is 0 Å². The molecule has 14 heavy (non-hydrogen) atoms. The van der Waals surface area contributed by atoms with E-state index in [-0.39, 0.29) is 4.83 Å². The molecule has 0 saturated carbocycles. The summed E-state index contributed by atoms with van der Waals surface area (Å²) in [6.07, 6.45) is 2.48. The van der Waals surface area contributed by atoms with Gasteiger partial charge in [-0.15, -0.1) is 0 Å². The SMILES string of the molecule is CCC(Br)c1nc(-c2ccco2)no1. The van der Waals surface area contributed by atoms with Gasteiger partial charge in [0, 0.05) is 0 Å². The Bertz CT molecular complexity index is 397. The van der Waals surface area contributed by atoms with Gasteiger partial charge in [0.15, 0.2) is 5.76 Å². The first-order valence-corrected chi connectivity index (χ1v) is 5.24. The number of rotatable bonds is 3. The maximum atomic E-state index is 5.15. The van der Waals surface area contributed by atoms with E-state index in [1.54, 1.807) is 18.4 Å². The highest BCUT2D eigenvalue weighted by Crippen LogP contribution is 2.26. The van der Waals surface area contributed by atoms with E-state index in [1.807, 2.05) is 6.92 Å². The van der Waals surface area contributed by atoms with Crippen LogP contribution in [0.4, 0.5) is 0 Å². The molecule has 0 aliphatic rings. The highest BCUT2D eigenvalue weighted by Gasteiger charge is 2.15. The Kier molecular flexibility index (Phi) is 2.67. The molecule has 2 rings (SSSR count). The molecule has 2 heterocycles. The Morgan fingerprint density at radius 2 is 2.43 bits per heavy atom. The zero-order valence-corrected chi connectivity index (χ0v) is 9.19. The molecule has 0 bridgehead atoms. The van der Waals surface area contributed by atoms with Crippen molar-refractivity contribution in [1.29, 1.82) is 0 Å². The van der Waals surface area contributed by atoms with E-state index in [2.05, 4.69) is 26.1 Å². The van der Waals surface area contributed by atoms with Gasteiger partial charge in [-0.1, -0.05) is 28.0 Å². The van der Waals surface area contributed by atoms with Crippen molar-refractivity contribution in [3.05, 3.63) is 24.3 Å². The number of alkyl halides is 1. The summed E-state index contributed by atoms with van der Waals surface area (Å²) in [7, 11) is 0. The van der Waals surface area contributed by atoms with Crippen LogP contribution in [0, 0.1) is 0 Å². The lowest BCUT2D eigenvalue weighted by Crippen LogP contribution is -1.86. The second-order valence-electron chi connectivity index (χ2n) is 2.81. The molecule has 74 valence electrons. The number of furan rings is 1. The monoisotopic (exact) mass is 256 g/mol. The molecule has 0 aromatic carbocycles. The summed E-state index contributed by atoms with van der Waals surface area (Å²) in [4.78, 5) is 4.31. The Balaban J connectivity index is 2.26. The van der Waals surface area contributed by atoms with Gasteiger partial charge in [0.2, 0.25) is 11.7 Å². The van der Waals surface area contributed by atoms with Crippen LogP contribution in [-0.2, 0) is 0 Å². The average Bonchev–Trinajstić information content (AvgIpc) is 2.86. The van der Waals surface area contributed by atoms with Crippen molar-refractivity contribution >= 4 is 15.9 Å². The van der Waals surface area contributed by atoms with Crippen molar-refractivity contribution in [3.63, 3.8) is 0 Å². The van der Waals surface area contributed by atoms with Crippen LogP contribution in [0.15, 0.2) is 27.3 Å². The van der Waals surface area contributed by atoms with Gasteiger partial charge in [0.05, 0.1) is 11.1 Å². The summed E-state index contributed by atoms with van der Waals surface area (Å²) in [5, 5.41) is 3.82. The van der Waals surface area contributed by atoms with Crippen LogP contribution in [-0.4, -0.2) is 10.1 Å². The van der Waals surface area contributed by atoms with E-state index in [0.29, 0.717) is 17.5 Å². The predicted molar refractivity (Wildman–Crippen MR) is 54.0 cm³/mol. The zero-order chi connectivity index (χ0) is 9.97. The largest absolute Gasteiger partial charge is 0.461 e. The lowest BCUT2D eigenvalue weighted by Gasteiger charge is -1.95. The molecular formula is C9H9BrN2O2. The van der Waals surface area contributed by atoms with Gasteiger partial charge in [0.1, 0.15) is 0 Å². The summed E-state index contributed by atoms with van der Waals surface area (Å²) in [6.45, 7) is 2.04. The molecule has 2 aromatic heterocycles. The number of hydrogen-bond acceptors (Lipinski definition) is 4. The lowest BCUT2D eigenvalue weighted by molar-refractivity contribution is 0.375. The van der Waals surface area contributed by atoms with Crippen LogP contribution >= 0.6 is 15.9 Å². The van der Waals surface area contributed by atoms with Gasteiger partial charge in [-0.05, 0) is 18.6 Å². The third kappa shape index (κ3) is 1.72. The Morgan fingerprint density at radius 3 is 3.07 bits per heavy atom. The summed E-state index contributed by atoms with van der Waals surface area (Å²) in [5.74, 6) is 1.69. The maximum Gasteiger partial charge on any atom is 0.240 e. The molecule has 0 saturated heterocycles. The van der Waals surface area contributed by atoms with Crippen molar-refractivity contribution in [2.24, 2.45) is 0 Å².